The molecule has 27 heavy (non-hydrogen) atoms. The molecule has 2 N–H and O–H groups in total. The molecule has 0 aliphatic carbocycles. The lowest BCUT2D eigenvalue weighted by atomic mass is 10.2. The second-order valence-corrected chi connectivity index (χ2v) is 7.00. The van der Waals surface area contributed by atoms with Gasteiger partial charge in [0.2, 0.25) is 5.95 Å². The number of aromatic nitrogens is 3. The Morgan fingerprint density at radius 1 is 1.22 bits per heavy atom. The Morgan fingerprint density at radius 3 is 2.81 bits per heavy atom. The molecule has 1 atom stereocenters. The van der Waals surface area contributed by atoms with Gasteiger partial charge in [0.1, 0.15) is 5.52 Å². The molecule has 2 radical (unpaired) electrons. The van der Waals surface area contributed by atoms with Crippen LogP contribution in [0, 0.1) is 0 Å². The van der Waals surface area contributed by atoms with Gasteiger partial charge in [0.25, 0.3) is 0 Å². The van der Waals surface area contributed by atoms with Crippen molar-refractivity contribution in [2.45, 2.75) is 12.5 Å². The van der Waals surface area contributed by atoms with Gasteiger partial charge in [0.15, 0.2) is 30.1 Å². The molecule has 0 amide bonds. The Balaban J connectivity index is 1.68. The lowest BCUT2D eigenvalue weighted by Crippen LogP contribution is -2.31. The molecule has 0 bridgehead atoms. The Kier molecular flexibility index (Phi) is 5.00. The second-order valence-electron chi connectivity index (χ2n) is 6.17. The zero-order valence-electron chi connectivity index (χ0n) is 15.1. The van der Waals surface area contributed by atoms with Crippen LogP contribution in [0.2, 0.25) is 0 Å². The van der Waals surface area contributed by atoms with Crippen LogP contribution in [0.15, 0.2) is 23.7 Å². The Bertz CT molecular complexity index is 952. The summed E-state index contributed by atoms with van der Waals surface area (Å²) in [5.41, 5.74) is 3.35. The van der Waals surface area contributed by atoms with Gasteiger partial charge < -0.3 is 24.9 Å². The fraction of sp³-hybridized carbons (Fsp3) is 0.353. The summed E-state index contributed by atoms with van der Waals surface area (Å²) in [6.45, 7) is 1.63. The van der Waals surface area contributed by atoms with Crippen LogP contribution in [0.3, 0.4) is 0 Å². The van der Waals surface area contributed by atoms with Crippen molar-refractivity contribution in [1.82, 2.24) is 20.2 Å². The summed E-state index contributed by atoms with van der Waals surface area (Å²) in [5, 5.41) is 6.16. The summed E-state index contributed by atoms with van der Waals surface area (Å²) in [6, 6.07) is 5.86. The Hall–Kier alpha value is -2.59. The summed E-state index contributed by atoms with van der Waals surface area (Å²) in [7, 11) is 8.79. The highest BCUT2D eigenvalue weighted by molar-refractivity contribution is 7.16. The number of methoxy groups -OCH3 is 2. The van der Waals surface area contributed by atoms with Crippen LogP contribution < -0.4 is 24.9 Å². The highest BCUT2D eigenvalue weighted by Crippen LogP contribution is 2.33. The van der Waals surface area contributed by atoms with Crippen LogP contribution in [0.5, 0.6) is 11.5 Å². The third-order valence-corrected chi connectivity index (χ3v) is 5.26. The maximum atomic E-state index is 5.57. The quantitative estimate of drug-likeness (QED) is 0.627. The van der Waals surface area contributed by atoms with Crippen molar-refractivity contribution in [2.24, 2.45) is 0 Å². The van der Waals surface area contributed by atoms with Gasteiger partial charge in [-0.15, -0.1) is 11.3 Å². The van der Waals surface area contributed by atoms with Crippen LogP contribution in [-0.2, 0) is 0 Å². The van der Waals surface area contributed by atoms with Gasteiger partial charge in [-0.1, -0.05) is 0 Å². The standard InChI is InChI=1S/C17H19BN6O2S/c1-25-12-4-3-10(7-13(12)26-2)20-15-14-16(27-9-19-14)22-17(21-15)24-6-5-11(8-24)23-18/h3-4,7,9,11,23H,5-6,8H2,1-2H3,(H,20,21,22). The van der Waals surface area contributed by atoms with Gasteiger partial charge in [-0.05, 0) is 18.6 Å². The zero-order valence-corrected chi connectivity index (χ0v) is 15.9. The smallest absolute Gasteiger partial charge is 0.228 e. The molecule has 2 aromatic heterocycles. The second kappa shape index (κ2) is 7.57. The largest absolute Gasteiger partial charge is 0.493 e. The molecule has 1 aliphatic rings. The van der Waals surface area contributed by atoms with Crippen molar-refractivity contribution in [3.8, 4) is 11.5 Å². The van der Waals surface area contributed by atoms with E-state index in [9.17, 15) is 0 Å². The summed E-state index contributed by atoms with van der Waals surface area (Å²) in [4.78, 5) is 16.8. The van der Waals surface area contributed by atoms with Gasteiger partial charge in [0, 0.05) is 30.9 Å². The molecule has 1 unspecified atom stereocenters. The number of nitrogens with one attached hydrogen (secondary N) is 2. The Morgan fingerprint density at radius 2 is 2.07 bits per heavy atom. The van der Waals surface area contributed by atoms with E-state index in [0.29, 0.717) is 23.3 Å². The van der Waals surface area contributed by atoms with E-state index >= 15 is 0 Å². The van der Waals surface area contributed by atoms with E-state index in [4.69, 9.17) is 22.4 Å². The molecule has 4 rings (SSSR count). The zero-order chi connectivity index (χ0) is 18.8. The molecule has 138 valence electrons. The fourth-order valence-electron chi connectivity index (χ4n) is 3.11. The topological polar surface area (TPSA) is 84.4 Å². The van der Waals surface area contributed by atoms with E-state index in [0.717, 1.165) is 35.5 Å². The van der Waals surface area contributed by atoms with Crippen molar-refractivity contribution in [3.63, 3.8) is 0 Å². The molecule has 3 heterocycles. The summed E-state index contributed by atoms with van der Waals surface area (Å²) >= 11 is 1.49. The minimum Gasteiger partial charge on any atom is -0.493 e. The lowest BCUT2D eigenvalue weighted by Gasteiger charge is -2.18. The van der Waals surface area contributed by atoms with Crippen LogP contribution in [0.1, 0.15) is 6.42 Å². The van der Waals surface area contributed by atoms with E-state index in [1.165, 1.54) is 11.3 Å². The molecular formula is C17H19BN6O2S. The third kappa shape index (κ3) is 3.50. The maximum Gasteiger partial charge on any atom is 0.228 e. The Labute approximate surface area is 162 Å². The highest BCUT2D eigenvalue weighted by atomic mass is 32.1. The van der Waals surface area contributed by atoms with Gasteiger partial charge >= 0.3 is 0 Å². The molecule has 8 nitrogen and oxygen atoms in total. The molecular weight excluding hydrogens is 363 g/mol. The average Bonchev–Trinajstić information content (AvgIpc) is 3.37. The van der Waals surface area contributed by atoms with E-state index in [-0.39, 0.29) is 6.04 Å². The summed E-state index contributed by atoms with van der Waals surface area (Å²) in [5.74, 6) is 2.64. The van der Waals surface area contributed by atoms with Gasteiger partial charge in [0.05, 0.1) is 19.7 Å². The molecule has 0 spiro atoms. The van der Waals surface area contributed by atoms with Gasteiger partial charge in [-0.2, -0.15) is 9.97 Å². The number of thiazole rings is 1. The molecule has 1 aromatic carbocycles. The first-order valence-electron chi connectivity index (χ1n) is 8.53. The van der Waals surface area contributed by atoms with Crippen molar-refractivity contribution in [3.05, 3.63) is 23.7 Å². The first-order valence-corrected chi connectivity index (χ1v) is 9.41. The lowest BCUT2D eigenvalue weighted by molar-refractivity contribution is 0.355. The first-order chi connectivity index (χ1) is 13.2. The van der Waals surface area contributed by atoms with Crippen LogP contribution in [0.25, 0.3) is 10.3 Å². The highest BCUT2D eigenvalue weighted by Gasteiger charge is 2.24. The van der Waals surface area contributed by atoms with E-state index in [1.807, 2.05) is 18.2 Å². The molecule has 0 saturated carbocycles. The van der Waals surface area contributed by atoms with Crippen LogP contribution >= 0.6 is 11.3 Å². The predicted molar refractivity (Wildman–Crippen MR) is 108 cm³/mol. The molecule has 1 aliphatic heterocycles. The number of hydrogen-bond acceptors (Lipinski definition) is 9. The number of hydrogen-bond donors (Lipinski definition) is 2. The summed E-state index contributed by atoms with van der Waals surface area (Å²) in [6.07, 6.45) is 0.957. The van der Waals surface area contributed by atoms with E-state index in [2.05, 4.69) is 25.4 Å². The number of benzene rings is 1. The molecule has 3 aromatic rings. The predicted octanol–water partition coefficient (Wildman–Crippen LogP) is 2.10. The molecule has 10 heteroatoms. The average molecular weight is 382 g/mol. The van der Waals surface area contributed by atoms with Gasteiger partial charge in [-0.25, -0.2) is 4.98 Å². The first kappa shape index (κ1) is 17.8. The third-order valence-electron chi connectivity index (χ3n) is 4.54. The van der Waals surface area contributed by atoms with Crippen molar-refractivity contribution < 1.29 is 9.47 Å². The van der Waals surface area contributed by atoms with Crippen molar-refractivity contribution in [2.75, 3.05) is 37.5 Å². The molecule has 1 fully saturated rings. The number of ether oxygens (including phenoxy) is 2. The van der Waals surface area contributed by atoms with Crippen LogP contribution in [0.4, 0.5) is 17.5 Å². The normalized spacial score (nSPS) is 16.7. The number of fused-ring (bicyclic) bond motifs is 1. The SMILES string of the molecule is [B]NC1CCN(c2nc(Nc3ccc(OC)c(OC)c3)c3ncsc3n2)C1. The fourth-order valence-corrected chi connectivity index (χ4v) is 3.76. The van der Waals surface area contributed by atoms with Gasteiger partial charge in [-0.3, -0.25) is 0 Å². The minimum atomic E-state index is 0.244. The number of nitrogens with zero attached hydrogens (tertiary/aromatic N) is 4. The van der Waals surface area contributed by atoms with Crippen molar-refractivity contribution >= 4 is 47.1 Å². The molecule has 1 saturated heterocycles. The monoisotopic (exact) mass is 382 g/mol. The maximum absolute atomic E-state index is 5.57. The van der Waals surface area contributed by atoms with E-state index < -0.39 is 0 Å². The number of rotatable bonds is 6. The van der Waals surface area contributed by atoms with Crippen LogP contribution in [-0.4, -0.2) is 56.3 Å². The van der Waals surface area contributed by atoms with Crippen molar-refractivity contribution in [1.29, 1.82) is 0 Å². The minimum absolute atomic E-state index is 0.244. The van der Waals surface area contributed by atoms with E-state index in [1.54, 1.807) is 19.7 Å². The summed E-state index contributed by atoms with van der Waals surface area (Å²) < 4.78 is 10.7. The number of anilines is 3.